The van der Waals surface area contributed by atoms with E-state index in [2.05, 4.69) is 27.7 Å². The van der Waals surface area contributed by atoms with Crippen LogP contribution in [0.4, 0.5) is 0 Å². The molecule has 0 radical (unpaired) electrons. The summed E-state index contributed by atoms with van der Waals surface area (Å²) in [6.07, 6.45) is 12.6. The molecule has 2 heteroatoms. The number of Topliss-reactive ketones (excluding diaryl/α,β-unsaturated/α-hetero) is 2. The summed E-state index contributed by atoms with van der Waals surface area (Å²) in [6.45, 7) is 12.3. The van der Waals surface area contributed by atoms with Gasteiger partial charge in [0.25, 0.3) is 0 Å². The molecule has 0 aliphatic carbocycles. The maximum Gasteiger partial charge on any atom is 0.135 e. The van der Waals surface area contributed by atoms with Gasteiger partial charge in [0.2, 0.25) is 0 Å². The average Bonchev–Trinajstić information content (AvgIpc) is 2.53. The summed E-state index contributed by atoms with van der Waals surface area (Å²) in [4.78, 5) is 22.2. The van der Waals surface area contributed by atoms with Gasteiger partial charge < -0.3 is 0 Å². The van der Waals surface area contributed by atoms with E-state index in [0.29, 0.717) is 17.5 Å². The van der Waals surface area contributed by atoms with E-state index >= 15 is 0 Å². The first-order valence-corrected chi connectivity index (χ1v) is 9.93. The fourth-order valence-electron chi connectivity index (χ4n) is 2.36. The van der Waals surface area contributed by atoms with Crippen LogP contribution in [0, 0.1) is 11.8 Å². The van der Waals surface area contributed by atoms with Gasteiger partial charge in [-0.3, -0.25) is 9.59 Å². The lowest BCUT2D eigenvalue weighted by Crippen LogP contribution is -2.10. The highest BCUT2D eigenvalue weighted by atomic mass is 16.1. The summed E-state index contributed by atoms with van der Waals surface area (Å²) in [7, 11) is 0. The van der Waals surface area contributed by atoms with Gasteiger partial charge >= 0.3 is 0 Å². The molecule has 138 valence electrons. The maximum absolute atomic E-state index is 11.5. The molecule has 0 aliphatic rings. The molecule has 0 saturated heterocycles. The van der Waals surface area contributed by atoms with E-state index in [-0.39, 0.29) is 5.92 Å². The average molecular weight is 327 g/mol. The standard InChI is InChI=1S/C12H24O.C9H18O/c1-4-6-8-9-11(3)12(13)10-7-5-2;1-4-5-6-7-8(2)9(3)10/h11H,4-10H2,1-3H3;8H,4-7H2,1-3H3. The molecule has 0 fully saturated rings. The number of ketones is 2. The van der Waals surface area contributed by atoms with Crippen LogP contribution in [-0.2, 0) is 9.59 Å². The van der Waals surface area contributed by atoms with Crippen molar-refractivity contribution in [3.63, 3.8) is 0 Å². The molecule has 0 rings (SSSR count). The molecule has 0 spiro atoms. The van der Waals surface area contributed by atoms with E-state index in [9.17, 15) is 9.59 Å². The third-order valence-corrected chi connectivity index (χ3v) is 4.50. The Bertz CT molecular complexity index is 284. The molecule has 2 unspecified atom stereocenters. The number of unbranched alkanes of at least 4 members (excludes halogenated alkanes) is 5. The molecule has 0 bridgehead atoms. The summed E-state index contributed by atoms with van der Waals surface area (Å²) in [5, 5.41) is 0. The van der Waals surface area contributed by atoms with Crippen LogP contribution < -0.4 is 0 Å². The molecule has 0 aromatic rings. The first-order chi connectivity index (χ1) is 10.9. The lowest BCUT2D eigenvalue weighted by Gasteiger charge is -2.08. The zero-order valence-corrected chi connectivity index (χ0v) is 16.7. The van der Waals surface area contributed by atoms with Gasteiger partial charge in [0.15, 0.2) is 0 Å². The summed E-state index contributed by atoms with van der Waals surface area (Å²) in [6, 6.07) is 0. The predicted molar refractivity (Wildman–Crippen MR) is 102 cm³/mol. The van der Waals surface area contributed by atoms with Crippen molar-refractivity contribution >= 4 is 11.6 Å². The lowest BCUT2D eigenvalue weighted by atomic mass is 9.96. The van der Waals surface area contributed by atoms with Crippen molar-refractivity contribution in [3.8, 4) is 0 Å². The Hall–Kier alpha value is -0.660. The van der Waals surface area contributed by atoms with Crippen LogP contribution in [0.2, 0.25) is 0 Å². The van der Waals surface area contributed by atoms with E-state index in [4.69, 9.17) is 0 Å². The maximum atomic E-state index is 11.5. The highest BCUT2D eigenvalue weighted by molar-refractivity contribution is 5.80. The number of carbonyl (C=O) groups excluding carboxylic acids is 2. The second-order valence-electron chi connectivity index (χ2n) is 6.97. The Balaban J connectivity index is 0. The van der Waals surface area contributed by atoms with Gasteiger partial charge in [-0.05, 0) is 26.2 Å². The Morgan fingerprint density at radius 3 is 1.52 bits per heavy atom. The molecule has 0 aromatic carbocycles. The minimum Gasteiger partial charge on any atom is -0.300 e. The van der Waals surface area contributed by atoms with Crippen molar-refractivity contribution in [1.82, 2.24) is 0 Å². The molecule has 0 amide bonds. The van der Waals surface area contributed by atoms with Crippen LogP contribution in [0.25, 0.3) is 0 Å². The van der Waals surface area contributed by atoms with Gasteiger partial charge in [0.1, 0.15) is 11.6 Å². The normalized spacial score (nSPS) is 13.0. The van der Waals surface area contributed by atoms with Crippen LogP contribution >= 0.6 is 0 Å². The number of carbonyl (C=O) groups is 2. The largest absolute Gasteiger partial charge is 0.300 e. The Morgan fingerprint density at radius 1 is 0.696 bits per heavy atom. The topological polar surface area (TPSA) is 34.1 Å². The van der Waals surface area contributed by atoms with Crippen molar-refractivity contribution < 1.29 is 9.59 Å². The van der Waals surface area contributed by atoms with E-state index in [0.717, 1.165) is 32.1 Å². The zero-order valence-electron chi connectivity index (χ0n) is 16.7. The smallest absolute Gasteiger partial charge is 0.135 e. The van der Waals surface area contributed by atoms with Gasteiger partial charge in [-0.25, -0.2) is 0 Å². The molecule has 0 aliphatic heterocycles. The van der Waals surface area contributed by atoms with Crippen LogP contribution in [-0.4, -0.2) is 11.6 Å². The van der Waals surface area contributed by atoms with E-state index in [1.54, 1.807) is 6.92 Å². The van der Waals surface area contributed by atoms with Crippen molar-refractivity contribution in [2.75, 3.05) is 0 Å². The second kappa shape index (κ2) is 17.7. The Labute approximate surface area is 145 Å². The van der Waals surface area contributed by atoms with Crippen LogP contribution in [0.5, 0.6) is 0 Å². The van der Waals surface area contributed by atoms with Gasteiger partial charge in [-0.15, -0.1) is 0 Å². The van der Waals surface area contributed by atoms with Gasteiger partial charge in [0, 0.05) is 18.3 Å². The summed E-state index contributed by atoms with van der Waals surface area (Å²) in [5.41, 5.74) is 0. The SMILES string of the molecule is CCCCCC(C)C(=O)CCCC.CCCCCC(C)C(C)=O. The third-order valence-electron chi connectivity index (χ3n) is 4.50. The first-order valence-electron chi connectivity index (χ1n) is 9.93. The first kappa shape index (κ1) is 24.6. The third kappa shape index (κ3) is 17.5. The molecule has 0 N–H and O–H groups in total. The highest BCUT2D eigenvalue weighted by Gasteiger charge is 2.10. The monoisotopic (exact) mass is 326 g/mol. The molecule has 2 nitrogen and oxygen atoms in total. The molecule has 2 atom stereocenters. The minimum absolute atomic E-state index is 0.284. The Kier molecular flexibility index (Phi) is 18.9. The van der Waals surface area contributed by atoms with Crippen molar-refractivity contribution in [3.05, 3.63) is 0 Å². The molecule has 0 heterocycles. The van der Waals surface area contributed by atoms with Crippen molar-refractivity contribution in [2.45, 2.75) is 112 Å². The minimum atomic E-state index is 0.284. The fourth-order valence-corrected chi connectivity index (χ4v) is 2.36. The molecule has 0 saturated carbocycles. The van der Waals surface area contributed by atoms with Gasteiger partial charge in [0.05, 0.1) is 0 Å². The second-order valence-corrected chi connectivity index (χ2v) is 6.97. The van der Waals surface area contributed by atoms with Crippen LogP contribution in [0.15, 0.2) is 0 Å². The fraction of sp³-hybridized carbons (Fsp3) is 0.905. The summed E-state index contributed by atoms with van der Waals surface area (Å²) in [5.74, 6) is 1.39. The highest BCUT2D eigenvalue weighted by Crippen LogP contribution is 2.13. The molecular formula is C21H42O2. The van der Waals surface area contributed by atoms with E-state index < -0.39 is 0 Å². The zero-order chi connectivity index (χ0) is 18.1. The predicted octanol–water partition coefficient (Wildman–Crippen LogP) is 6.75. The van der Waals surface area contributed by atoms with Crippen molar-refractivity contribution in [1.29, 1.82) is 0 Å². The molecule has 23 heavy (non-hydrogen) atoms. The summed E-state index contributed by atoms with van der Waals surface area (Å²) < 4.78 is 0. The van der Waals surface area contributed by atoms with Crippen LogP contribution in [0.1, 0.15) is 112 Å². The summed E-state index contributed by atoms with van der Waals surface area (Å²) >= 11 is 0. The van der Waals surface area contributed by atoms with Gasteiger partial charge in [-0.1, -0.05) is 79.6 Å². The van der Waals surface area contributed by atoms with E-state index in [1.807, 2.05) is 6.92 Å². The number of hydrogen-bond acceptors (Lipinski definition) is 2. The van der Waals surface area contributed by atoms with Crippen molar-refractivity contribution in [2.24, 2.45) is 11.8 Å². The van der Waals surface area contributed by atoms with Gasteiger partial charge in [-0.2, -0.15) is 0 Å². The van der Waals surface area contributed by atoms with E-state index in [1.165, 1.54) is 38.5 Å². The lowest BCUT2D eigenvalue weighted by molar-refractivity contribution is -0.122. The Morgan fingerprint density at radius 2 is 1.13 bits per heavy atom. The molecule has 0 aromatic heterocycles. The number of rotatable bonds is 13. The molecular weight excluding hydrogens is 284 g/mol. The quantitative estimate of drug-likeness (QED) is 0.351. The number of hydrogen-bond donors (Lipinski definition) is 0. The van der Waals surface area contributed by atoms with Crippen LogP contribution in [0.3, 0.4) is 0 Å².